The van der Waals surface area contributed by atoms with E-state index in [0.29, 0.717) is 16.7 Å². The lowest BCUT2D eigenvalue weighted by molar-refractivity contribution is -0.137. The van der Waals surface area contributed by atoms with Crippen LogP contribution in [0.2, 0.25) is 10.0 Å². The normalized spacial score (nSPS) is 10.6. The van der Waals surface area contributed by atoms with Gasteiger partial charge in [-0.25, -0.2) is 4.79 Å². The second kappa shape index (κ2) is 5.79. The number of carbonyl (C=O) groups excluding carboxylic acids is 1. The summed E-state index contributed by atoms with van der Waals surface area (Å²) in [5, 5.41) is 1.07. The highest BCUT2D eigenvalue weighted by atomic mass is 35.5. The number of halogens is 2. The molecule has 0 aliphatic carbocycles. The van der Waals surface area contributed by atoms with Crippen molar-refractivity contribution in [3.63, 3.8) is 0 Å². The molecular weight excluding hydrogens is 235 g/mol. The molecule has 0 aliphatic heterocycles. The van der Waals surface area contributed by atoms with Gasteiger partial charge in [-0.3, -0.25) is 0 Å². The van der Waals surface area contributed by atoms with Crippen LogP contribution in [0.4, 0.5) is 0 Å². The first-order valence-corrected chi connectivity index (χ1v) is 5.19. The molecule has 1 aromatic rings. The van der Waals surface area contributed by atoms with Crippen molar-refractivity contribution in [2.75, 3.05) is 6.61 Å². The van der Waals surface area contributed by atoms with Crippen molar-refractivity contribution < 1.29 is 9.53 Å². The van der Waals surface area contributed by atoms with E-state index in [9.17, 15) is 4.79 Å². The summed E-state index contributed by atoms with van der Waals surface area (Å²) in [5.41, 5.74) is 0.731. The number of ether oxygens (including phenoxy) is 1. The van der Waals surface area contributed by atoms with Crippen LogP contribution in [0.5, 0.6) is 0 Å². The highest BCUT2D eigenvalue weighted by Gasteiger charge is 1.99. The van der Waals surface area contributed by atoms with Crippen molar-refractivity contribution >= 4 is 35.2 Å². The summed E-state index contributed by atoms with van der Waals surface area (Å²) < 4.78 is 4.73. The van der Waals surface area contributed by atoms with E-state index in [0.717, 1.165) is 5.56 Å². The molecule has 4 heteroatoms. The molecule has 0 atom stereocenters. The lowest BCUT2D eigenvalue weighted by Crippen LogP contribution is -1.98. The van der Waals surface area contributed by atoms with Gasteiger partial charge in [0.15, 0.2) is 0 Å². The summed E-state index contributed by atoms with van der Waals surface area (Å²) in [6.45, 7) is 2.11. The number of benzene rings is 1. The third-order valence-corrected chi connectivity index (χ3v) is 2.21. The zero-order valence-electron chi connectivity index (χ0n) is 8.17. The Balaban J connectivity index is 2.76. The summed E-state index contributed by atoms with van der Waals surface area (Å²) in [6, 6.07) is 5.06. The maximum absolute atomic E-state index is 11.0. The van der Waals surface area contributed by atoms with Crippen LogP contribution in [0.25, 0.3) is 6.08 Å². The molecule has 0 aromatic heterocycles. The Labute approximate surface area is 98.4 Å². The van der Waals surface area contributed by atoms with Gasteiger partial charge in [-0.15, -0.1) is 0 Å². The zero-order valence-corrected chi connectivity index (χ0v) is 9.68. The van der Waals surface area contributed by atoms with Crippen molar-refractivity contribution in [3.05, 3.63) is 39.9 Å². The molecule has 15 heavy (non-hydrogen) atoms. The molecule has 0 fully saturated rings. The van der Waals surface area contributed by atoms with E-state index in [1.54, 1.807) is 31.2 Å². The van der Waals surface area contributed by atoms with E-state index in [-0.39, 0.29) is 5.97 Å². The quantitative estimate of drug-likeness (QED) is 0.601. The topological polar surface area (TPSA) is 26.3 Å². The van der Waals surface area contributed by atoms with Gasteiger partial charge in [0.1, 0.15) is 0 Å². The van der Waals surface area contributed by atoms with E-state index in [1.165, 1.54) is 6.08 Å². The number of carbonyl (C=O) groups is 1. The highest BCUT2D eigenvalue weighted by Crippen LogP contribution is 2.21. The summed E-state index contributed by atoms with van der Waals surface area (Å²) in [4.78, 5) is 11.0. The van der Waals surface area contributed by atoms with E-state index in [1.807, 2.05) is 0 Å². The molecule has 80 valence electrons. The molecule has 1 rings (SSSR count). The zero-order chi connectivity index (χ0) is 11.3. The summed E-state index contributed by atoms with van der Waals surface area (Å²) in [7, 11) is 0. The van der Waals surface area contributed by atoms with Crippen LogP contribution in [0, 0.1) is 0 Å². The van der Waals surface area contributed by atoms with Crippen LogP contribution in [-0.2, 0) is 9.53 Å². The minimum atomic E-state index is -0.386. The molecule has 0 unspecified atom stereocenters. The van der Waals surface area contributed by atoms with Crippen LogP contribution < -0.4 is 0 Å². The molecule has 0 heterocycles. The van der Waals surface area contributed by atoms with Gasteiger partial charge in [0.2, 0.25) is 0 Å². The second-order valence-corrected chi connectivity index (χ2v) is 3.59. The Hall–Kier alpha value is -0.990. The predicted molar refractivity (Wildman–Crippen MR) is 62.1 cm³/mol. The molecule has 0 bridgehead atoms. The summed E-state index contributed by atoms with van der Waals surface area (Å²) in [5.74, 6) is -0.386. The van der Waals surface area contributed by atoms with Crippen LogP contribution in [0.15, 0.2) is 24.3 Å². The molecular formula is C11H10Cl2O2. The van der Waals surface area contributed by atoms with Crippen LogP contribution in [0.1, 0.15) is 12.5 Å². The van der Waals surface area contributed by atoms with Gasteiger partial charge < -0.3 is 4.74 Å². The van der Waals surface area contributed by atoms with E-state index < -0.39 is 0 Å². The third-order valence-electron chi connectivity index (χ3n) is 1.65. The first kappa shape index (κ1) is 12.1. The van der Waals surface area contributed by atoms with Gasteiger partial charge in [-0.1, -0.05) is 29.3 Å². The average molecular weight is 245 g/mol. The van der Waals surface area contributed by atoms with E-state index >= 15 is 0 Å². The summed E-state index contributed by atoms with van der Waals surface area (Å²) in [6.07, 6.45) is 2.93. The molecule has 0 amide bonds. The third kappa shape index (κ3) is 3.94. The molecule has 0 aliphatic rings. The number of rotatable bonds is 3. The second-order valence-electron chi connectivity index (χ2n) is 2.75. The largest absolute Gasteiger partial charge is 0.463 e. The van der Waals surface area contributed by atoms with Gasteiger partial charge in [0.05, 0.1) is 6.61 Å². The molecule has 1 aromatic carbocycles. The fraction of sp³-hybridized carbons (Fsp3) is 0.182. The fourth-order valence-corrected chi connectivity index (χ4v) is 1.46. The van der Waals surface area contributed by atoms with E-state index in [2.05, 4.69) is 0 Å². The van der Waals surface area contributed by atoms with Crippen molar-refractivity contribution in [3.8, 4) is 0 Å². The molecule has 0 spiro atoms. The maximum Gasteiger partial charge on any atom is 0.330 e. The van der Waals surface area contributed by atoms with Crippen molar-refractivity contribution in [2.24, 2.45) is 0 Å². The van der Waals surface area contributed by atoms with Crippen molar-refractivity contribution in [2.45, 2.75) is 6.92 Å². The maximum atomic E-state index is 11.0. The molecule has 2 nitrogen and oxygen atoms in total. The lowest BCUT2D eigenvalue weighted by Gasteiger charge is -1.98. The minimum absolute atomic E-state index is 0.359. The van der Waals surface area contributed by atoms with Crippen LogP contribution >= 0.6 is 23.2 Å². The molecule has 0 saturated heterocycles. The lowest BCUT2D eigenvalue weighted by atomic mass is 10.2. The molecule has 0 saturated carbocycles. The van der Waals surface area contributed by atoms with Gasteiger partial charge in [-0.2, -0.15) is 0 Å². The monoisotopic (exact) mass is 244 g/mol. The minimum Gasteiger partial charge on any atom is -0.463 e. The Morgan fingerprint density at radius 3 is 2.80 bits per heavy atom. The Kier molecular flexibility index (Phi) is 4.66. The predicted octanol–water partition coefficient (Wildman–Crippen LogP) is 3.57. The number of esters is 1. The van der Waals surface area contributed by atoms with E-state index in [4.69, 9.17) is 27.9 Å². The first-order valence-electron chi connectivity index (χ1n) is 4.43. The Bertz CT molecular complexity index is 386. The van der Waals surface area contributed by atoms with Gasteiger partial charge in [0, 0.05) is 16.1 Å². The molecule has 0 N–H and O–H groups in total. The first-order chi connectivity index (χ1) is 7.13. The van der Waals surface area contributed by atoms with Crippen molar-refractivity contribution in [1.29, 1.82) is 0 Å². The Morgan fingerprint density at radius 2 is 2.20 bits per heavy atom. The number of hydrogen-bond donors (Lipinski definition) is 0. The highest BCUT2D eigenvalue weighted by molar-refractivity contribution is 6.35. The molecule has 0 radical (unpaired) electrons. The average Bonchev–Trinajstić information content (AvgIpc) is 2.17. The fourth-order valence-electron chi connectivity index (χ4n) is 0.985. The smallest absolute Gasteiger partial charge is 0.330 e. The van der Waals surface area contributed by atoms with Crippen LogP contribution in [-0.4, -0.2) is 12.6 Å². The Morgan fingerprint density at radius 1 is 1.47 bits per heavy atom. The van der Waals surface area contributed by atoms with Gasteiger partial charge >= 0.3 is 5.97 Å². The van der Waals surface area contributed by atoms with Crippen molar-refractivity contribution in [1.82, 2.24) is 0 Å². The SMILES string of the molecule is CCOC(=O)C=Cc1ccc(Cl)cc1Cl. The van der Waals surface area contributed by atoms with Gasteiger partial charge in [-0.05, 0) is 30.7 Å². The standard InChI is InChI=1S/C11H10Cl2O2/c1-2-15-11(14)6-4-8-3-5-9(12)7-10(8)13/h3-7H,2H2,1H3. The van der Waals surface area contributed by atoms with Gasteiger partial charge in [0.25, 0.3) is 0 Å². The van der Waals surface area contributed by atoms with Crippen LogP contribution in [0.3, 0.4) is 0 Å². The number of hydrogen-bond acceptors (Lipinski definition) is 2. The summed E-state index contributed by atoms with van der Waals surface area (Å²) >= 11 is 11.6.